The van der Waals surface area contributed by atoms with Gasteiger partial charge in [-0.3, -0.25) is 11.3 Å². The number of benzene rings is 1. The van der Waals surface area contributed by atoms with Gasteiger partial charge >= 0.3 is 0 Å². The van der Waals surface area contributed by atoms with Crippen LogP contribution in [0, 0.1) is 5.92 Å². The molecule has 0 saturated heterocycles. The number of hydrazine groups is 1. The number of nitrogens with two attached hydrogens (primary N) is 1. The molecule has 2 nitrogen and oxygen atoms in total. The molecule has 0 amide bonds. The number of hydrogen-bond donors (Lipinski definition) is 2. The lowest BCUT2D eigenvalue weighted by Crippen LogP contribution is -2.36. The zero-order valence-electron chi connectivity index (χ0n) is 10.0. The molecule has 3 heteroatoms. The predicted octanol–water partition coefficient (Wildman–Crippen LogP) is 3.15. The number of hydrogen-bond acceptors (Lipinski definition) is 2. The maximum atomic E-state index is 5.84. The summed E-state index contributed by atoms with van der Waals surface area (Å²) >= 11 is 5.84. The first-order valence-corrected chi connectivity index (χ1v) is 6.20. The van der Waals surface area contributed by atoms with Crippen LogP contribution in [0.15, 0.2) is 24.3 Å². The predicted molar refractivity (Wildman–Crippen MR) is 70.3 cm³/mol. The zero-order chi connectivity index (χ0) is 12.0. The van der Waals surface area contributed by atoms with Gasteiger partial charge < -0.3 is 0 Å². The average Bonchev–Trinajstić information content (AvgIpc) is 2.26. The van der Waals surface area contributed by atoms with Gasteiger partial charge in [0, 0.05) is 11.1 Å². The summed E-state index contributed by atoms with van der Waals surface area (Å²) in [5.74, 6) is 6.28. The third-order valence-corrected chi connectivity index (χ3v) is 2.98. The quantitative estimate of drug-likeness (QED) is 0.592. The Labute approximate surface area is 103 Å². The first-order chi connectivity index (χ1) is 7.61. The van der Waals surface area contributed by atoms with Gasteiger partial charge in [-0.05, 0) is 42.9 Å². The molecule has 1 rings (SSSR count). The van der Waals surface area contributed by atoms with Crippen LogP contribution in [0.25, 0.3) is 0 Å². The molecule has 1 atom stereocenters. The fourth-order valence-corrected chi connectivity index (χ4v) is 1.81. The van der Waals surface area contributed by atoms with Gasteiger partial charge in [-0.2, -0.15) is 0 Å². The molecule has 1 unspecified atom stereocenters. The molecule has 0 spiro atoms. The summed E-state index contributed by atoms with van der Waals surface area (Å²) < 4.78 is 0. The van der Waals surface area contributed by atoms with Crippen LogP contribution in [-0.4, -0.2) is 6.04 Å². The van der Waals surface area contributed by atoms with E-state index in [-0.39, 0.29) is 0 Å². The van der Waals surface area contributed by atoms with Gasteiger partial charge in [0.1, 0.15) is 0 Å². The minimum atomic E-state index is 0.351. The summed E-state index contributed by atoms with van der Waals surface area (Å²) in [6, 6.07) is 8.31. The Hall–Kier alpha value is -0.570. The Morgan fingerprint density at radius 1 is 1.19 bits per heavy atom. The molecular weight excluding hydrogens is 220 g/mol. The molecule has 3 N–H and O–H groups in total. The minimum Gasteiger partial charge on any atom is -0.271 e. The Kier molecular flexibility index (Phi) is 5.81. The fourth-order valence-electron chi connectivity index (χ4n) is 1.68. The third-order valence-electron chi connectivity index (χ3n) is 2.72. The summed E-state index contributed by atoms with van der Waals surface area (Å²) in [7, 11) is 0. The molecule has 0 aliphatic rings. The summed E-state index contributed by atoms with van der Waals surface area (Å²) in [4.78, 5) is 0. The molecule has 0 aromatic heterocycles. The molecule has 0 radical (unpaired) electrons. The van der Waals surface area contributed by atoms with Crippen molar-refractivity contribution in [2.24, 2.45) is 11.8 Å². The monoisotopic (exact) mass is 240 g/mol. The molecule has 1 aromatic rings. The molecule has 90 valence electrons. The van der Waals surface area contributed by atoms with Crippen molar-refractivity contribution in [2.45, 2.75) is 39.2 Å². The largest absolute Gasteiger partial charge is 0.271 e. The lowest BCUT2D eigenvalue weighted by Gasteiger charge is -2.17. The summed E-state index contributed by atoms with van der Waals surface area (Å²) in [5, 5.41) is 0.781. The molecule has 0 saturated carbocycles. The summed E-state index contributed by atoms with van der Waals surface area (Å²) in [6.45, 7) is 4.46. The normalized spacial score (nSPS) is 13.1. The van der Waals surface area contributed by atoms with Crippen molar-refractivity contribution in [3.05, 3.63) is 34.9 Å². The van der Waals surface area contributed by atoms with E-state index in [2.05, 4.69) is 31.4 Å². The van der Waals surface area contributed by atoms with E-state index in [0.717, 1.165) is 23.8 Å². The number of halogens is 1. The highest BCUT2D eigenvalue weighted by atomic mass is 35.5. The van der Waals surface area contributed by atoms with Crippen molar-refractivity contribution in [1.82, 2.24) is 5.43 Å². The van der Waals surface area contributed by atoms with Gasteiger partial charge in [0.2, 0.25) is 0 Å². The highest BCUT2D eigenvalue weighted by Crippen LogP contribution is 2.14. The van der Waals surface area contributed by atoms with Crippen LogP contribution in [0.4, 0.5) is 0 Å². The Bertz CT molecular complexity index is 295. The fraction of sp³-hybridized carbons (Fsp3) is 0.538. The van der Waals surface area contributed by atoms with E-state index in [1.54, 1.807) is 0 Å². The van der Waals surface area contributed by atoms with E-state index in [1.165, 1.54) is 12.0 Å². The molecule has 0 aliphatic heterocycles. The van der Waals surface area contributed by atoms with E-state index in [4.69, 9.17) is 17.4 Å². The van der Waals surface area contributed by atoms with E-state index in [9.17, 15) is 0 Å². The van der Waals surface area contributed by atoms with E-state index >= 15 is 0 Å². The molecule has 0 bridgehead atoms. The smallest absolute Gasteiger partial charge is 0.0406 e. The Morgan fingerprint density at radius 2 is 1.81 bits per heavy atom. The topological polar surface area (TPSA) is 38.0 Å². The van der Waals surface area contributed by atoms with Gasteiger partial charge in [-0.1, -0.05) is 37.6 Å². The van der Waals surface area contributed by atoms with Crippen molar-refractivity contribution in [3.8, 4) is 0 Å². The van der Waals surface area contributed by atoms with Crippen LogP contribution in [-0.2, 0) is 6.42 Å². The minimum absolute atomic E-state index is 0.351. The Morgan fingerprint density at radius 3 is 2.31 bits per heavy atom. The van der Waals surface area contributed by atoms with E-state index < -0.39 is 0 Å². The zero-order valence-corrected chi connectivity index (χ0v) is 10.8. The van der Waals surface area contributed by atoms with E-state index in [0.29, 0.717) is 6.04 Å². The molecule has 0 heterocycles. The van der Waals surface area contributed by atoms with Crippen LogP contribution in [0.1, 0.15) is 32.3 Å². The van der Waals surface area contributed by atoms with Crippen LogP contribution in [0.2, 0.25) is 5.02 Å². The first kappa shape index (κ1) is 13.5. The summed E-state index contributed by atoms with van der Waals surface area (Å²) in [5.41, 5.74) is 4.16. The number of nitrogens with one attached hydrogen (secondary N) is 1. The van der Waals surface area contributed by atoms with Crippen LogP contribution >= 0.6 is 11.6 Å². The lowest BCUT2D eigenvalue weighted by atomic mass is 9.98. The SMILES string of the molecule is CC(C)CCC(Cc1ccc(Cl)cc1)NN. The highest BCUT2D eigenvalue weighted by Gasteiger charge is 2.08. The second-order valence-electron chi connectivity index (χ2n) is 4.67. The average molecular weight is 241 g/mol. The highest BCUT2D eigenvalue weighted by molar-refractivity contribution is 6.30. The van der Waals surface area contributed by atoms with Crippen molar-refractivity contribution >= 4 is 11.6 Å². The standard InChI is InChI=1S/C13H21ClN2/c1-10(2)3-8-13(16-15)9-11-4-6-12(14)7-5-11/h4-7,10,13,16H,3,8-9,15H2,1-2H3. The second-order valence-corrected chi connectivity index (χ2v) is 5.10. The molecule has 16 heavy (non-hydrogen) atoms. The van der Waals surface area contributed by atoms with Crippen LogP contribution < -0.4 is 11.3 Å². The maximum absolute atomic E-state index is 5.84. The maximum Gasteiger partial charge on any atom is 0.0406 e. The van der Waals surface area contributed by atoms with Gasteiger partial charge in [0.25, 0.3) is 0 Å². The third kappa shape index (κ3) is 4.97. The second kappa shape index (κ2) is 6.89. The Balaban J connectivity index is 2.46. The van der Waals surface area contributed by atoms with Crippen LogP contribution in [0.5, 0.6) is 0 Å². The van der Waals surface area contributed by atoms with E-state index in [1.807, 2.05) is 12.1 Å². The molecule has 1 aromatic carbocycles. The van der Waals surface area contributed by atoms with Gasteiger partial charge in [-0.25, -0.2) is 0 Å². The van der Waals surface area contributed by atoms with Gasteiger partial charge in [0.15, 0.2) is 0 Å². The van der Waals surface area contributed by atoms with Crippen molar-refractivity contribution < 1.29 is 0 Å². The van der Waals surface area contributed by atoms with Crippen molar-refractivity contribution in [1.29, 1.82) is 0 Å². The first-order valence-electron chi connectivity index (χ1n) is 5.82. The van der Waals surface area contributed by atoms with Gasteiger partial charge in [0.05, 0.1) is 0 Å². The summed E-state index contributed by atoms with van der Waals surface area (Å²) in [6.07, 6.45) is 3.26. The van der Waals surface area contributed by atoms with Crippen molar-refractivity contribution in [3.63, 3.8) is 0 Å². The van der Waals surface area contributed by atoms with Crippen molar-refractivity contribution in [2.75, 3.05) is 0 Å². The molecule has 0 aliphatic carbocycles. The molecular formula is C13H21ClN2. The molecule has 0 fully saturated rings. The number of rotatable bonds is 6. The van der Waals surface area contributed by atoms with Crippen LogP contribution in [0.3, 0.4) is 0 Å². The van der Waals surface area contributed by atoms with Gasteiger partial charge in [-0.15, -0.1) is 0 Å². The lowest BCUT2D eigenvalue weighted by molar-refractivity contribution is 0.434.